The second-order valence-electron chi connectivity index (χ2n) is 9.98. The molecule has 4 heterocycles. The molecule has 0 amide bonds. The van der Waals surface area contributed by atoms with Gasteiger partial charge in [-0.2, -0.15) is 9.29 Å². The van der Waals surface area contributed by atoms with Crippen molar-refractivity contribution in [1.29, 1.82) is 0 Å². The number of nitrogens with zero attached hydrogens (tertiary/aromatic N) is 6. The average Bonchev–Trinajstić information content (AvgIpc) is 3.28. The van der Waals surface area contributed by atoms with Crippen LogP contribution in [0.15, 0.2) is 6.07 Å². The van der Waals surface area contributed by atoms with Crippen LogP contribution in [-0.4, -0.2) is 110 Å². The van der Waals surface area contributed by atoms with Gasteiger partial charge in [0.25, 0.3) is 0 Å². The molecule has 2 aromatic heterocycles. The number of fused-ring (bicyclic) bond motifs is 1. The summed E-state index contributed by atoms with van der Waals surface area (Å²) < 4.78 is 31.2. The maximum absolute atomic E-state index is 11.8. The van der Waals surface area contributed by atoms with Crippen LogP contribution in [-0.2, 0) is 26.1 Å². The molecule has 0 aromatic carbocycles. The number of carbonyl (C=O) groups excluding carboxylic acids is 1. The Balaban J connectivity index is 1.26. The highest BCUT2D eigenvalue weighted by Crippen LogP contribution is 2.34. The van der Waals surface area contributed by atoms with Crippen molar-refractivity contribution in [3.63, 3.8) is 0 Å². The number of thiophene rings is 1. The highest BCUT2D eigenvalue weighted by molar-refractivity contribution is 7.88. The molecule has 2 aliphatic rings. The third kappa shape index (κ3) is 8.22. The fraction of sp³-hybridized carbons (Fsp3) is 0.720. The molecule has 10 nitrogen and oxygen atoms in total. The lowest BCUT2D eigenvalue weighted by Crippen LogP contribution is -2.47. The number of anilines is 1. The smallest absolute Gasteiger partial charge is 0.305 e. The second-order valence-corrected chi connectivity index (χ2v) is 13.4. The molecule has 0 atom stereocenters. The standard InChI is InChI=1S/C25H39ClN6O4S2/c1-3-36-22(33)8-6-4-5-7-9-29-10-14-31(15-11-29)24-23-21(27-25(26)28-24)18-20(37-23)19-30-12-16-32(17-13-30)38(2,34)35/h18H,3-17,19H2,1-2H3. The van der Waals surface area contributed by atoms with Gasteiger partial charge in [0.2, 0.25) is 15.3 Å². The Morgan fingerprint density at radius 1 is 1.00 bits per heavy atom. The molecule has 0 saturated carbocycles. The van der Waals surface area contributed by atoms with Crippen LogP contribution >= 0.6 is 22.9 Å². The Labute approximate surface area is 234 Å². The molecular weight excluding hydrogens is 548 g/mol. The highest BCUT2D eigenvalue weighted by atomic mass is 35.5. The predicted octanol–water partition coefficient (Wildman–Crippen LogP) is 3.06. The molecule has 2 fully saturated rings. The number of aromatic nitrogens is 2. The summed E-state index contributed by atoms with van der Waals surface area (Å²) in [5.74, 6) is 0.824. The molecule has 0 N–H and O–H groups in total. The van der Waals surface area contributed by atoms with Crippen LogP contribution in [0.1, 0.15) is 43.9 Å². The van der Waals surface area contributed by atoms with E-state index < -0.39 is 10.0 Å². The Morgan fingerprint density at radius 2 is 1.68 bits per heavy atom. The van der Waals surface area contributed by atoms with Crippen LogP contribution in [0.5, 0.6) is 0 Å². The fourth-order valence-corrected chi connectivity index (χ4v) is 7.20. The van der Waals surface area contributed by atoms with Crippen molar-refractivity contribution in [3.8, 4) is 0 Å². The van der Waals surface area contributed by atoms with Gasteiger partial charge in [0.15, 0.2) is 5.82 Å². The van der Waals surface area contributed by atoms with E-state index in [0.29, 0.717) is 39.2 Å². The molecule has 13 heteroatoms. The van der Waals surface area contributed by atoms with Crippen molar-refractivity contribution >= 4 is 55.0 Å². The normalized spacial score (nSPS) is 18.3. The summed E-state index contributed by atoms with van der Waals surface area (Å²) >= 11 is 8.03. The van der Waals surface area contributed by atoms with Crippen molar-refractivity contribution in [2.24, 2.45) is 0 Å². The molecule has 2 aliphatic heterocycles. The van der Waals surface area contributed by atoms with Crippen molar-refractivity contribution in [2.45, 2.75) is 45.6 Å². The Kier molecular flexibility index (Phi) is 10.6. The monoisotopic (exact) mass is 586 g/mol. The minimum absolute atomic E-state index is 0.0900. The maximum Gasteiger partial charge on any atom is 0.305 e. The third-order valence-electron chi connectivity index (χ3n) is 7.14. The van der Waals surface area contributed by atoms with Crippen LogP contribution < -0.4 is 4.90 Å². The quantitative estimate of drug-likeness (QED) is 0.211. The van der Waals surface area contributed by atoms with E-state index >= 15 is 0 Å². The lowest BCUT2D eigenvalue weighted by Gasteiger charge is -2.35. The van der Waals surface area contributed by atoms with E-state index in [1.807, 2.05) is 6.92 Å². The number of piperazine rings is 2. The predicted molar refractivity (Wildman–Crippen MR) is 152 cm³/mol. The fourth-order valence-electron chi connectivity index (χ4n) is 5.04. The van der Waals surface area contributed by atoms with E-state index in [1.54, 1.807) is 15.6 Å². The molecule has 2 saturated heterocycles. The highest BCUT2D eigenvalue weighted by Gasteiger charge is 2.25. The number of ether oxygens (including phenoxy) is 1. The number of carbonyl (C=O) groups is 1. The van der Waals surface area contributed by atoms with Gasteiger partial charge >= 0.3 is 5.97 Å². The van der Waals surface area contributed by atoms with Gasteiger partial charge < -0.3 is 9.64 Å². The number of hydrogen-bond acceptors (Lipinski definition) is 10. The summed E-state index contributed by atoms with van der Waals surface area (Å²) in [7, 11) is -3.13. The molecule has 212 valence electrons. The Morgan fingerprint density at radius 3 is 2.37 bits per heavy atom. The average molecular weight is 587 g/mol. The van der Waals surface area contributed by atoms with E-state index in [2.05, 4.69) is 30.7 Å². The van der Waals surface area contributed by atoms with Gasteiger partial charge in [-0.1, -0.05) is 12.8 Å². The Bertz CT molecular complexity index is 1180. The van der Waals surface area contributed by atoms with Gasteiger partial charge in [-0.15, -0.1) is 11.3 Å². The first-order chi connectivity index (χ1) is 18.2. The minimum atomic E-state index is -3.13. The summed E-state index contributed by atoms with van der Waals surface area (Å²) in [6.45, 7) is 10.4. The third-order valence-corrected chi connectivity index (χ3v) is 9.72. The van der Waals surface area contributed by atoms with Crippen LogP contribution in [0.4, 0.5) is 5.82 Å². The largest absolute Gasteiger partial charge is 0.466 e. The van der Waals surface area contributed by atoms with E-state index in [0.717, 1.165) is 81.0 Å². The lowest BCUT2D eigenvalue weighted by atomic mass is 10.1. The minimum Gasteiger partial charge on any atom is -0.466 e. The van der Waals surface area contributed by atoms with E-state index in [9.17, 15) is 13.2 Å². The summed E-state index contributed by atoms with van der Waals surface area (Å²) in [6, 6.07) is 2.10. The van der Waals surface area contributed by atoms with Gasteiger partial charge in [-0.05, 0) is 44.0 Å². The molecule has 0 spiro atoms. The molecule has 0 aliphatic carbocycles. The summed E-state index contributed by atoms with van der Waals surface area (Å²) in [5, 5.41) is 0.267. The first-order valence-corrected chi connectivity index (χ1v) is 16.5. The van der Waals surface area contributed by atoms with Gasteiger partial charge in [-0.25, -0.2) is 13.4 Å². The van der Waals surface area contributed by atoms with Crippen molar-refractivity contribution in [2.75, 3.05) is 76.7 Å². The van der Waals surface area contributed by atoms with Gasteiger partial charge in [-0.3, -0.25) is 14.6 Å². The summed E-state index contributed by atoms with van der Waals surface area (Å²) in [6.07, 6.45) is 6.02. The number of hydrogen-bond donors (Lipinski definition) is 0. The molecule has 4 rings (SSSR count). The number of rotatable bonds is 12. The maximum atomic E-state index is 11.8. The zero-order valence-corrected chi connectivity index (χ0v) is 24.8. The van der Waals surface area contributed by atoms with Gasteiger partial charge in [0, 0.05) is 70.2 Å². The molecule has 2 aromatic rings. The zero-order valence-electron chi connectivity index (χ0n) is 22.4. The number of halogens is 1. The lowest BCUT2D eigenvalue weighted by molar-refractivity contribution is -0.143. The molecule has 38 heavy (non-hydrogen) atoms. The number of esters is 1. The van der Waals surface area contributed by atoms with Crippen LogP contribution in [0.25, 0.3) is 10.2 Å². The SMILES string of the molecule is CCOC(=O)CCCCCCN1CCN(c2nc(Cl)nc3cc(CN4CCN(S(C)(=O)=O)CC4)sc23)CC1. The Hall–Kier alpha value is -1.57. The van der Waals surface area contributed by atoms with E-state index in [-0.39, 0.29) is 11.3 Å². The molecular formula is C25H39ClN6O4S2. The van der Waals surface area contributed by atoms with E-state index in [4.69, 9.17) is 16.3 Å². The topological polar surface area (TPSA) is 99.2 Å². The summed E-state index contributed by atoms with van der Waals surface area (Å²) in [5.41, 5.74) is 0.875. The second kappa shape index (κ2) is 13.7. The van der Waals surface area contributed by atoms with Gasteiger partial charge in [0.1, 0.15) is 0 Å². The van der Waals surface area contributed by atoms with Crippen molar-refractivity contribution < 1.29 is 17.9 Å². The van der Waals surface area contributed by atoms with E-state index in [1.165, 1.54) is 11.1 Å². The van der Waals surface area contributed by atoms with Gasteiger partial charge in [0.05, 0.1) is 23.1 Å². The first kappa shape index (κ1) is 29.4. The number of unbranched alkanes of at least 4 members (excludes halogenated alkanes) is 3. The molecule has 0 unspecified atom stereocenters. The van der Waals surface area contributed by atoms with Crippen LogP contribution in [0, 0.1) is 0 Å². The first-order valence-electron chi connectivity index (χ1n) is 13.5. The van der Waals surface area contributed by atoms with Crippen LogP contribution in [0.3, 0.4) is 0 Å². The molecule has 0 radical (unpaired) electrons. The van der Waals surface area contributed by atoms with Crippen LogP contribution in [0.2, 0.25) is 5.28 Å². The molecule has 0 bridgehead atoms. The van der Waals surface area contributed by atoms with Crippen molar-refractivity contribution in [1.82, 2.24) is 24.1 Å². The summed E-state index contributed by atoms with van der Waals surface area (Å²) in [4.78, 5) is 28.8. The number of sulfonamides is 1. The van der Waals surface area contributed by atoms with Crippen molar-refractivity contribution in [3.05, 3.63) is 16.2 Å². The zero-order chi connectivity index (χ0) is 27.1.